The molecule has 0 aliphatic carbocycles. The Hall–Kier alpha value is -1.85. The summed E-state index contributed by atoms with van der Waals surface area (Å²) in [6.07, 6.45) is 64.1. The molecule has 0 heterocycles. The van der Waals surface area contributed by atoms with Gasteiger partial charge in [-0.25, -0.2) is 0 Å². The third-order valence-electron chi connectivity index (χ3n) is 13.5. The number of carbonyl (C=O) groups is 3. The lowest BCUT2D eigenvalue weighted by Crippen LogP contribution is -2.30. The van der Waals surface area contributed by atoms with E-state index in [2.05, 4.69) is 32.9 Å². The highest BCUT2D eigenvalue weighted by Crippen LogP contribution is 2.17. The maximum Gasteiger partial charge on any atom is 0.306 e. The van der Waals surface area contributed by atoms with Crippen molar-refractivity contribution in [1.29, 1.82) is 0 Å². The SMILES string of the molecule is CCCCCCCCCC/C=C\CCCCCCCCCCCCCCCCCCCCCC(=O)OCC(COC(=O)CCCCCCCC)OC(=O)CCCCCCCCCCCCC. The van der Waals surface area contributed by atoms with E-state index in [-0.39, 0.29) is 31.1 Å². The largest absolute Gasteiger partial charge is 0.462 e. The lowest BCUT2D eigenvalue weighted by Gasteiger charge is -2.18. The Morgan fingerprint density at radius 1 is 0.288 bits per heavy atom. The van der Waals surface area contributed by atoms with E-state index < -0.39 is 6.10 Å². The zero-order chi connectivity index (χ0) is 47.9. The highest BCUT2D eigenvalue weighted by molar-refractivity contribution is 5.71. The van der Waals surface area contributed by atoms with Crippen LogP contribution >= 0.6 is 0 Å². The molecule has 0 amide bonds. The summed E-state index contributed by atoms with van der Waals surface area (Å²) in [6, 6.07) is 0. The fourth-order valence-electron chi connectivity index (χ4n) is 9.03. The van der Waals surface area contributed by atoms with E-state index >= 15 is 0 Å². The summed E-state index contributed by atoms with van der Waals surface area (Å²) >= 11 is 0. The fraction of sp³-hybridized carbons (Fsp3) is 0.917. The fourth-order valence-corrected chi connectivity index (χ4v) is 9.03. The van der Waals surface area contributed by atoms with E-state index in [1.807, 2.05) is 0 Å². The van der Waals surface area contributed by atoms with Crippen LogP contribution in [0.5, 0.6) is 0 Å². The first kappa shape index (κ1) is 64.2. The zero-order valence-electron chi connectivity index (χ0n) is 44.7. The second-order valence-electron chi connectivity index (χ2n) is 20.3. The van der Waals surface area contributed by atoms with Crippen LogP contribution in [0.3, 0.4) is 0 Å². The number of hydrogen-bond acceptors (Lipinski definition) is 6. The maximum absolute atomic E-state index is 12.7. The normalized spacial score (nSPS) is 12.0. The number of rotatable bonds is 55. The van der Waals surface area contributed by atoms with Gasteiger partial charge in [-0.05, 0) is 44.9 Å². The minimum absolute atomic E-state index is 0.0643. The summed E-state index contributed by atoms with van der Waals surface area (Å²) in [4.78, 5) is 37.7. The molecule has 1 unspecified atom stereocenters. The van der Waals surface area contributed by atoms with Gasteiger partial charge in [0.2, 0.25) is 0 Å². The molecule has 0 spiro atoms. The summed E-state index contributed by atoms with van der Waals surface area (Å²) in [6.45, 7) is 6.61. The van der Waals surface area contributed by atoms with Gasteiger partial charge in [0.1, 0.15) is 13.2 Å². The average molecular weight is 932 g/mol. The van der Waals surface area contributed by atoms with E-state index in [4.69, 9.17) is 14.2 Å². The number of esters is 3. The molecule has 0 rings (SSSR count). The van der Waals surface area contributed by atoms with Crippen LogP contribution in [0, 0.1) is 0 Å². The van der Waals surface area contributed by atoms with E-state index in [9.17, 15) is 14.4 Å². The number of allylic oxidation sites excluding steroid dienone is 2. The Morgan fingerprint density at radius 2 is 0.500 bits per heavy atom. The van der Waals surface area contributed by atoms with Crippen molar-refractivity contribution in [3.8, 4) is 0 Å². The van der Waals surface area contributed by atoms with Crippen molar-refractivity contribution in [2.45, 2.75) is 341 Å². The van der Waals surface area contributed by atoms with Crippen molar-refractivity contribution in [2.24, 2.45) is 0 Å². The van der Waals surface area contributed by atoms with Gasteiger partial charge in [0, 0.05) is 19.3 Å². The van der Waals surface area contributed by atoms with Crippen LogP contribution in [0.4, 0.5) is 0 Å². The quantitative estimate of drug-likeness (QED) is 0.0262. The first-order valence-corrected chi connectivity index (χ1v) is 29.7. The van der Waals surface area contributed by atoms with Gasteiger partial charge in [-0.2, -0.15) is 0 Å². The molecule has 0 N–H and O–H groups in total. The number of unbranched alkanes of at least 4 members (excludes halogenated alkanes) is 42. The van der Waals surface area contributed by atoms with Gasteiger partial charge in [-0.3, -0.25) is 14.4 Å². The molecule has 390 valence electrons. The second-order valence-corrected chi connectivity index (χ2v) is 20.3. The molecule has 66 heavy (non-hydrogen) atoms. The molecular weight excluding hydrogens is 817 g/mol. The molecule has 1 atom stereocenters. The van der Waals surface area contributed by atoms with E-state index in [0.29, 0.717) is 19.3 Å². The third kappa shape index (κ3) is 53.1. The molecule has 6 nitrogen and oxygen atoms in total. The van der Waals surface area contributed by atoms with Crippen LogP contribution in [-0.4, -0.2) is 37.2 Å². The first-order valence-electron chi connectivity index (χ1n) is 29.7. The number of carbonyl (C=O) groups excluding carboxylic acids is 3. The van der Waals surface area contributed by atoms with Crippen LogP contribution < -0.4 is 0 Å². The van der Waals surface area contributed by atoms with E-state index in [1.165, 1.54) is 238 Å². The first-order chi connectivity index (χ1) is 32.5. The molecule has 0 aliphatic rings. The van der Waals surface area contributed by atoms with Gasteiger partial charge < -0.3 is 14.2 Å². The summed E-state index contributed by atoms with van der Waals surface area (Å²) in [5.74, 6) is -0.856. The lowest BCUT2D eigenvalue weighted by atomic mass is 10.0. The van der Waals surface area contributed by atoms with Crippen LogP contribution in [0.25, 0.3) is 0 Å². The molecule has 0 aromatic heterocycles. The van der Waals surface area contributed by atoms with Crippen molar-refractivity contribution in [2.75, 3.05) is 13.2 Å². The van der Waals surface area contributed by atoms with Crippen LogP contribution in [0.2, 0.25) is 0 Å². The molecule has 6 heteroatoms. The van der Waals surface area contributed by atoms with Gasteiger partial charge in [-0.15, -0.1) is 0 Å². The Morgan fingerprint density at radius 3 is 0.758 bits per heavy atom. The van der Waals surface area contributed by atoms with E-state index in [1.54, 1.807) is 0 Å². The van der Waals surface area contributed by atoms with Gasteiger partial charge in [0.15, 0.2) is 6.10 Å². The third-order valence-corrected chi connectivity index (χ3v) is 13.5. The van der Waals surface area contributed by atoms with E-state index in [0.717, 1.165) is 57.8 Å². The predicted octanol–water partition coefficient (Wildman–Crippen LogP) is 19.7. The Kier molecular flexibility index (Phi) is 54.2. The molecule has 0 radical (unpaired) electrons. The van der Waals surface area contributed by atoms with Crippen LogP contribution in [0.1, 0.15) is 335 Å². The summed E-state index contributed by atoms with van der Waals surface area (Å²) in [5.41, 5.74) is 0. The highest BCUT2D eigenvalue weighted by atomic mass is 16.6. The Bertz CT molecular complexity index is 1020. The topological polar surface area (TPSA) is 78.9 Å². The molecule has 0 aromatic rings. The lowest BCUT2D eigenvalue weighted by molar-refractivity contribution is -0.167. The van der Waals surface area contributed by atoms with Crippen LogP contribution in [-0.2, 0) is 28.6 Å². The minimum atomic E-state index is -0.760. The van der Waals surface area contributed by atoms with Gasteiger partial charge in [-0.1, -0.05) is 283 Å². The predicted molar refractivity (Wildman–Crippen MR) is 284 cm³/mol. The minimum Gasteiger partial charge on any atom is -0.462 e. The average Bonchev–Trinajstić information content (AvgIpc) is 3.31. The molecule has 0 aromatic carbocycles. The Labute approximate surface area is 411 Å². The molecule has 0 saturated heterocycles. The molecule has 0 aliphatic heterocycles. The monoisotopic (exact) mass is 931 g/mol. The van der Waals surface area contributed by atoms with Gasteiger partial charge >= 0.3 is 17.9 Å². The highest BCUT2D eigenvalue weighted by Gasteiger charge is 2.19. The molecule has 0 bridgehead atoms. The molecular formula is C60H114O6. The van der Waals surface area contributed by atoms with Crippen molar-refractivity contribution in [3.63, 3.8) is 0 Å². The summed E-state index contributed by atoms with van der Waals surface area (Å²) in [7, 11) is 0. The Balaban J connectivity index is 3.87. The summed E-state index contributed by atoms with van der Waals surface area (Å²) in [5, 5.41) is 0. The standard InChI is InChI=1S/C60H114O6/c1-4-7-10-13-16-18-20-21-22-23-24-25-26-27-28-29-30-31-32-33-34-35-36-37-38-39-41-42-44-47-50-53-59(62)65-56-57(55-64-58(61)52-49-46-15-12-9-6-3)66-60(63)54-51-48-45-43-40-19-17-14-11-8-5-2/h23-24,57H,4-22,25-56H2,1-3H3/b24-23-. The summed E-state index contributed by atoms with van der Waals surface area (Å²) < 4.78 is 16.7. The van der Waals surface area contributed by atoms with Gasteiger partial charge in [0.05, 0.1) is 0 Å². The number of ether oxygens (including phenoxy) is 3. The maximum atomic E-state index is 12.7. The zero-order valence-corrected chi connectivity index (χ0v) is 44.7. The van der Waals surface area contributed by atoms with Crippen molar-refractivity contribution >= 4 is 17.9 Å². The van der Waals surface area contributed by atoms with Crippen molar-refractivity contribution < 1.29 is 28.6 Å². The molecule has 0 saturated carbocycles. The van der Waals surface area contributed by atoms with Crippen LogP contribution in [0.15, 0.2) is 12.2 Å². The van der Waals surface area contributed by atoms with Crippen molar-refractivity contribution in [1.82, 2.24) is 0 Å². The van der Waals surface area contributed by atoms with Crippen molar-refractivity contribution in [3.05, 3.63) is 12.2 Å². The second kappa shape index (κ2) is 55.7. The molecule has 0 fully saturated rings. The van der Waals surface area contributed by atoms with Gasteiger partial charge in [0.25, 0.3) is 0 Å². The number of hydrogen-bond donors (Lipinski definition) is 0. The smallest absolute Gasteiger partial charge is 0.306 e.